The van der Waals surface area contributed by atoms with Gasteiger partial charge >= 0.3 is 0 Å². The lowest BCUT2D eigenvalue weighted by Crippen LogP contribution is -2.29. The number of hydrogen-bond donors (Lipinski definition) is 1. The van der Waals surface area contributed by atoms with Gasteiger partial charge < -0.3 is 10.1 Å². The number of para-hydroxylation sites is 2. The fourth-order valence-electron chi connectivity index (χ4n) is 3.90. The summed E-state index contributed by atoms with van der Waals surface area (Å²) in [7, 11) is 0. The standard InChI is InChI=1S/C26H17FN4O3/c27-16-7-6-10-18(13-16)31-24-19-11-4-5-12-22(19)34-15-21(24)23(30-31)25(32)20(14-28)26(33)29-17-8-2-1-3-9-17/h1-13,20H,15H2,(H,29,33). The molecule has 2 heterocycles. The zero-order chi connectivity index (χ0) is 23.7. The van der Waals surface area contributed by atoms with E-state index in [9.17, 15) is 19.2 Å². The van der Waals surface area contributed by atoms with Crippen molar-refractivity contribution in [2.45, 2.75) is 6.61 Å². The van der Waals surface area contributed by atoms with E-state index in [-0.39, 0.29) is 12.3 Å². The second kappa shape index (κ2) is 8.64. The Balaban J connectivity index is 1.60. The molecule has 0 fully saturated rings. The fraction of sp³-hybridized carbons (Fsp3) is 0.0769. The number of ether oxygens (including phenoxy) is 1. The van der Waals surface area contributed by atoms with E-state index < -0.39 is 23.4 Å². The molecule has 0 saturated carbocycles. The van der Waals surface area contributed by atoms with E-state index in [2.05, 4.69) is 10.4 Å². The third-order valence-corrected chi connectivity index (χ3v) is 5.48. The van der Waals surface area contributed by atoms with Crippen molar-refractivity contribution in [1.82, 2.24) is 9.78 Å². The molecule has 7 nitrogen and oxygen atoms in total. The molecule has 4 aromatic rings. The van der Waals surface area contributed by atoms with Crippen molar-refractivity contribution < 1.29 is 18.7 Å². The van der Waals surface area contributed by atoms with Gasteiger partial charge in [-0.3, -0.25) is 9.59 Å². The number of amides is 1. The second-order valence-electron chi connectivity index (χ2n) is 7.63. The van der Waals surface area contributed by atoms with Gasteiger partial charge in [-0.15, -0.1) is 0 Å². The molecule has 1 aliphatic heterocycles. The van der Waals surface area contributed by atoms with Gasteiger partial charge in [-0.1, -0.05) is 36.4 Å². The van der Waals surface area contributed by atoms with E-state index >= 15 is 0 Å². The Hall–Kier alpha value is -4.77. The Morgan fingerprint density at radius 1 is 1.06 bits per heavy atom. The number of Topliss-reactive ketones (excluding diaryl/α,β-unsaturated/α-hetero) is 1. The Labute approximate surface area is 194 Å². The van der Waals surface area contributed by atoms with Crippen LogP contribution in [-0.4, -0.2) is 21.5 Å². The number of rotatable bonds is 5. The molecule has 0 bridgehead atoms. The largest absolute Gasteiger partial charge is 0.488 e. The molecule has 3 aromatic carbocycles. The van der Waals surface area contributed by atoms with Crippen molar-refractivity contribution in [2.75, 3.05) is 5.32 Å². The number of anilines is 1. The number of nitrogens with one attached hydrogen (secondary N) is 1. The minimum atomic E-state index is -1.63. The number of carbonyl (C=O) groups excluding carboxylic acids is 2. The number of ketones is 1. The smallest absolute Gasteiger partial charge is 0.249 e. The van der Waals surface area contributed by atoms with Crippen LogP contribution in [0.5, 0.6) is 5.75 Å². The molecule has 1 N–H and O–H groups in total. The van der Waals surface area contributed by atoms with Gasteiger partial charge in [0.05, 0.1) is 17.5 Å². The van der Waals surface area contributed by atoms with Crippen LogP contribution in [0.25, 0.3) is 16.9 Å². The average Bonchev–Trinajstić information content (AvgIpc) is 3.25. The summed E-state index contributed by atoms with van der Waals surface area (Å²) in [5.41, 5.74) is 2.45. The van der Waals surface area contributed by atoms with Crippen LogP contribution in [0, 0.1) is 23.1 Å². The Morgan fingerprint density at radius 3 is 2.59 bits per heavy atom. The van der Waals surface area contributed by atoms with Gasteiger partial charge in [0.15, 0.2) is 5.92 Å². The monoisotopic (exact) mass is 452 g/mol. The number of aromatic nitrogens is 2. The Bertz CT molecular complexity index is 1460. The predicted molar refractivity (Wildman–Crippen MR) is 122 cm³/mol. The van der Waals surface area contributed by atoms with Gasteiger partial charge in [-0.05, 0) is 42.5 Å². The molecular weight excluding hydrogens is 435 g/mol. The lowest BCUT2D eigenvalue weighted by Gasteiger charge is -2.19. The molecule has 5 rings (SSSR count). The molecule has 166 valence electrons. The van der Waals surface area contributed by atoms with E-state index in [4.69, 9.17) is 4.74 Å². The number of carbonyl (C=O) groups is 2. The summed E-state index contributed by atoms with van der Waals surface area (Å²) >= 11 is 0. The number of fused-ring (bicyclic) bond motifs is 3. The van der Waals surface area contributed by atoms with Gasteiger partial charge in [0, 0.05) is 16.8 Å². The zero-order valence-electron chi connectivity index (χ0n) is 17.7. The van der Waals surface area contributed by atoms with Crippen molar-refractivity contribution in [3.05, 3.63) is 95.9 Å². The maximum absolute atomic E-state index is 14.0. The van der Waals surface area contributed by atoms with Crippen LogP contribution in [0.4, 0.5) is 10.1 Å². The van der Waals surface area contributed by atoms with Crippen molar-refractivity contribution in [3.8, 4) is 28.8 Å². The van der Waals surface area contributed by atoms with E-state index in [0.29, 0.717) is 33.9 Å². The first kappa shape index (κ1) is 21.1. The average molecular weight is 452 g/mol. The van der Waals surface area contributed by atoms with E-state index in [1.807, 2.05) is 18.2 Å². The third kappa shape index (κ3) is 3.69. The van der Waals surface area contributed by atoms with Gasteiger partial charge in [0.2, 0.25) is 11.7 Å². The molecule has 1 aromatic heterocycles. The number of halogens is 1. The summed E-state index contributed by atoms with van der Waals surface area (Å²) < 4.78 is 21.3. The zero-order valence-corrected chi connectivity index (χ0v) is 17.7. The SMILES string of the molecule is N#CC(C(=O)Nc1ccccc1)C(=O)c1nn(-c2cccc(F)c2)c2c1COc1ccccc1-2. The highest BCUT2D eigenvalue weighted by molar-refractivity contribution is 6.15. The molecular formula is C26H17FN4O3. The number of nitrogens with zero attached hydrogens (tertiary/aromatic N) is 3. The van der Waals surface area contributed by atoms with Gasteiger partial charge in [0.25, 0.3) is 0 Å². The highest BCUT2D eigenvalue weighted by atomic mass is 19.1. The maximum Gasteiger partial charge on any atom is 0.249 e. The summed E-state index contributed by atoms with van der Waals surface area (Å²) in [4.78, 5) is 26.2. The van der Waals surface area contributed by atoms with Crippen LogP contribution in [0.2, 0.25) is 0 Å². The minimum absolute atomic E-state index is 0.0151. The maximum atomic E-state index is 14.0. The first-order chi connectivity index (χ1) is 16.6. The molecule has 0 aliphatic carbocycles. The normalized spacial score (nSPS) is 12.5. The topological polar surface area (TPSA) is 97.0 Å². The van der Waals surface area contributed by atoms with Crippen molar-refractivity contribution in [1.29, 1.82) is 5.26 Å². The number of nitriles is 1. The molecule has 34 heavy (non-hydrogen) atoms. The number of benzene rings is 3. The quantitative estimate of drug-likeness (QED) is 0.354. The first-order valence-corrected chi connectivity index (χ1v) is 10.5. The summed E-state index contributed by atoms with van der Waals surface area (Å²) in [6.07, 6.45) is 0. The summed E-state index contributed by atoms with van der Waals surface area (Å²) in [5, 5.41) is 16.7. The van der Waals surface area contributed by atoms with Crippen molar-refractivity contribution >= 4 is 17.4 Å². The van der Waals surface area contributed by atoms with Gasteiger partial charge in [0.1, 0.15) is 23.9 Å². The van der Waals surface area contributed by atoms with E-state index in [0.717, 1.165) is 0 Å². The van der Waals surface area contributed by atoms with Crippen LogP contribution in [0.3, 0.4) is 0 Å². The number of hydrogen-bond acceptors (Lipinski definition) is 5. The highest BCUT2D eigenvalue weighted by Gasteiger charge is 2.36. The first-order valence-electron chi connectivity index (χ1n) is 10.5. The molecule has 1 unspecified atom stereocenters. The highest BCUT2D eigenvalue weighted by Crippen LogP contribution is 2.40. The molecule has 8 heteroatoms. The van der Waals surface area contributed by atoms with Crippen molar-refractivity contribution in [3.63, 3.8) is 0 Å². The van der Waals surface area contributed by atoms with Crippen LogP contribution in [-0.2, 0) is 11.4 Å². The van der Waals surface area contributed by atoms with Gasteiger partial charge in [-0.25, -0.2) is 9.07 Å². The summed E-state index contributed by atoms with van der Waals surface area (Å²) in [6.45, 7) is 0.0151. The Kier molecular flexibility index (Phi) is 5.36. The molecule has 1 aliphatic rings. The van der Waals surface area contributed by atoms with Gasteiger partial charge in [-0.2, -0.15) is 10.4 Å². The summed E-state index contributed by atoms with van der Waals surface area (Å²) in [6, 6.07) is 23.4. The molecule has 1 amide bonds. The molecule has 0 radical (unpaired) electrons. The van der Waals surface area contributed by atoms with E-state index in [1.165, 1.54) is 22.9 Å². The van der Waals surface area contributed by atoms with Crippen LogP contribution >= 0.6 is 0 Å². The lowest BCUT2D eigenvalue weighted by molar-refractivity contribution is -0.117. The molecule has 1 atom stereocenters. The molecule has 0 spiro atoms. The Morgan fingerprint density at radius 2 is 1.82 bits per heavy atom. The predicted octanol–water partition coefficient (Wildman–Crippen LogP) is 4.53. The third-order valence-electron chi connectivity index (χ3n) is 5.48. The van der Waals surface area contributed by atoms with Crippen LogP contribution in [0.1, 0.15) is 16.1 Å². The van der Waals surface area contributed by atoms with Crippen LogP contribution < -0.4 is 10.1 Å². The second-order valence-corrected chi connectivity index (χ2v) is 7.63. The molecule has 0 saturated heterocycles. The van der Waals surface area contributed by atoms with Crippen LogP contribution in [0.15, 0.2) is 78.9 Å². The summed E-state index contributed by atoms with van der Waals surface area (Å²) in [5.74, 6) is -3.02. The lowest BCUT2D eigenvalue weighted by atomic mass is 9.96. The fourth-order valence-corrected chi connectivity index (χ4v) is 3.90. The van der Waals surface area contributed by atoms with E-state index in [1.54, 1.807) is 48.5 Å². The van der Waals surface area contributed by atoms with Crippen molar-refractivity contribution in [2.24, 2.45) is 5.92 Å². The minimum Gasteiger partial charge on any atom is -0.488 e.